The summed E-state index contributed by atoms with van der Waals surface area (Å²) >= 11 is 6.61. The molecule has 2 unspecified atom stereocenters. The summed E-state index contributed by atoms with van der Waals surface area (Å²) in [5.74, 6) is -0.507. The van der Waals surface area contributed by atoms with E-state index in [2.05, 4.69) is 35.6 Å². The van der Waals surface area contributed by atoms with Crippen LogP contribution in [0, 0.1) is 6.92 Å². The van der Waals surface area contributed by atoms with Gasteiger partial charge in [-0.15, -0.1) is 0 Å². The Morgan fingerprint density at radius 1 is 0.970 bits per heavy atom. The van der Waals surface area contributed by atoms with Crippen LogP contribution in [0.4, 0.5) is 23.1 Å². The molecular formula is C47H57ClN10O8. The summed E-state index contributed by atoms with van der Waals surface area (Å²) in [6.45, 7) is 10.5. The average Bonchev–Trinajstić information content (AvgIpc) is 3.39. The molecule has 1 aliphatic carbocycles. The van der Waals surface area contributed by atoms with Gasteiger partial charge in [-0.1, -0.05) is 17.7 Å². The Kier molecular flexibility index (Phi) is 12.9. The van der Waals surface area contributed by atoms with Crippen molar-refractivity contribution in [3.63, 3.8) is 0 Å². The van der Waals surface area contributed by atoms with E-state index in [1.807, 2.05) is 45.0 Å². The van der Waals surface area contributed by atoms with Gasteiger partial charge in [0, 0.05) is 87.1 Å². The van der Waals surface area contributed by atoms with Gasteiger partial charge in [-0.05, 0) is 95.2 Å². The molecule has 0 bridgehead atoms. The highest BCUT2D eigenvalue weighted by atomic mass is 35.5. The van der Waals surface area contributed by atoms with E-state index in [1.54, 1.807) is 22.9 Å². The Labute approximate surface area is 387 Å². The molecule has 4 aromatic rings. The maximum atomic E-state index is 13.7. The number of nitrogens with zero attached hydrogens (tertiary/aromatic N) is 7. The lowest BCUT2D eigenvalue weighted by molar-refractivity contribution is -0.139. The number of carbonyl (C=O) groups excluding carboxylic acids is 4. The van der Waals surface area contributed by atoms with E-state index < -0.39 is 18.2 Å². The number of aromatic nitrogens is 3. The number of likely N-dealkylation sites (N-methyl/N-ethyl adjacent to an activating group) is 1. The van der Waals surface area contributed by atoms with Crippen molar-refractivity contribution in [2.45, 2.75) is 102 Å². The summed E-state index contributed by atoms with van der Waals surface area (Å²) in [6, 6.07) is 10.5. The molecule has 4 amide bonds. The van der Waals surface area contributed by atoms with Crippen molar-refractivity contribution < 1.29 is 33.8 Å². The van der Waals surface area contributed by atoms with E-state index in [1.165, 1.54) is 11.9 Å². The Morgan fingerprint density at radius 3 is 2.50 bits per heavy atom. The van der Waals surface area contributed by atoms with Crippen LogP contribution in [-0.4, -0.2) is 130 Å². The topological polar surface area (TPSA) is 204 Å². The fraction of sp³-hybridized carbons (Fsp3) is 0.511. The summed E-state index contributed by atoms with van der Waals surface area (Å²) in [5.41, 5.74) is 3.83. The molecule has 350 valence electrons. The summed E-state index contributed by atoms with van der Waals surface area (Å²) in [7, 11) is 1.51. The number of piperidine rings is 2. The minimum Gasteiger partial charge on any atom is -0.478 e. The van der Waals surface area contributed by atoms with Gasteiger partial charge in [0.05, 0.1) is 29.5 Å². The summed E-state index contributed by atoms with van der Waals surface area (Å²) < 4.78 is 13.9. The molecule has 4 fully saturated rings. The molecular weight excluding hydrogens is 868 g/mol. The first-order chi connectivity index (χ1) is 31.8. The number of benzene rings is 2. The molecule has 66 heavy (non-hydrogen) atoms. The summed E-state index contributed by atoms with van der Waals surface area (Å²) in [4.78, 5) is 80.8. The van der Waals surface area contributed by atoms with Crippen LogP contribution in [0.15, 0.2) is 47.4 Å². The lowest BCUT2D eigenvalue weighted by Crippen LogP contribution is -2.53. The van der Waals surface area contributed by atoms with Gasteiger partial charge in [-0.3, -0.25) is 39.1 Å². The van der Waals surface area contributed by atoms with Gasteiger partial charge in [0.15, 0.2) is 24.4 Å². The van der Waals surface area contributed by atoms with Crippen LogP contribution in [0.1, 0.15) is 92.5 Å². The van der Waals surface area contributed by atoms with Crippen molar-refractivity contribution in [1.29, 1.82) is 0 Å². The monoisotopic (exact) mass is 924 g/mol. The summed E-state index contributed by atoms with van der Waals surface area (Å²) in [5, 5.41) is 20.4. The minimum absolute atomic E-state index is 0.0881. The zero-order valence-corrected chi connectivity index (χ0v) is 38.5. The van der Waals surface area contributed by atoms with Gasteiger partial charge in [0.25, 0.3) is 17.4 Å². The normalized spacial score (nSPS) is 22.9. The van der Waals surface area contributed by atoms with Crippen LogP contribution in [0.2, 0.25) is 5.02 Å². The number of nitrogens with one attached hydrogen (secondary N) is 3. The second kappa shape index (κ2) is 18.8. The first-order valence-electron chi connectivity index (χ1n) is 23.0. The quantitative estimate of drug-likeness (QED) is 0.147. The molecule has 2 atom stereocenters. The highest BCUT2D eigenvalue weighted by molar-refractivity contribution is 6.33. The third kappa shape index (κ3) is 8.90. The highest BCUT2D eigenvalue weighted by Crippen LogP contribution is 2.41. The molecule has 5 aliphatic rings. The number of hydrogen-bond acceptors (Lipinski definition) is 14. The van der Waals surface area contributed by atoms with Crippen molar-refractivity contribution in [2.75, 3.05) is 68.0 Å². The van der Waals surface area contributed by atoms with Gasteiger partial charge in [-0.2, -0.15) is 4.98 Å². The van der Waals surface area contributed by atoms with E-state index >= 15 is 0 Å². The minimum atomic E-state index is -1.24. The van der Waals surface area contributed by atoms with Crippen LogP contribution in [0.5, 0.6) is 5.75 Å². The molecule has 2 aromatic carbocycles. The van der Waals surface area contributed by atoms with Gasteiger partial charge in [0.1, 0.15) is 11.1 Å². The van der Waals surface area contributed by atoms with Crippen LogP contribution >= 0.6 is 11.6 Å². The molecule has 19 heteroatoms. The zero-order valence-electron chi connectivity index (χ0n) is 37.7. The van der Waals surface area contributed by atoms with E-state index in [9.17, 15) is 29.1 Å². The lowest BCUT2D eigenvalue weighted by atomic mass is 9.87. The number of aliphatic hydroxyl groups is 1. The van der Waals surface area contributed by atoms with Crippen molar-refractivity contribution in [3.05, 3.63) is 74.7 Å². The first kappa shape index (κ1) is 45.3. The number of halogens is 1. The second-order valence-corrected chi connectivity index (χ2v) is 18.6. The molecule has 1 saturated carbocycles. The molecule has 2 aromatic heterocycles. The van der Waals surface area contributed by atoms with Crippen LogP contribution in [0.25, 0.3) is 10.9 Å². The van der Waals surface area contributed by atoms with Gasteiger partial charge < -0.3 is 39.6 Å². The number of hydrogen-bond donors (Lipinski definition) is 4. The van der Waals surface area contributed by atoms with Gasteiger partial charge in [-0.25, -0.2) is 4.98 Å². The Morgan fingerprint density at radius 2 is 1.76 bits per heavy atom. The number of ether oxygens (including phenoxy) is 2. The molecule has 4 N–H and O–H groups in total. The molecule has 18 nitrogen and oxygen atoms in total. The number of rotatable bonds is 12. The highest BCUT2D eigenvalue weighted by Gasteiger charge is 2.46. The maximum absolute atomic E-state index is 13.7. The predicted molar refractivity (Wildman–Crippen MR) is 248 cm³/mol. The number of imide groups is 1. The van der Waals surface area contributed by atoms with E-state index in [0.717, 1.165) is 93.5 Å². The number of carbonyl (C=O) groups is 4. The lowest BCUT2D eigenvalue weighted by Gasteiger charge is -2.44. The number of aliphatic hydroxyl groups excluding tert-OH is 1. The molecule has 3 saturated heterocycles. The zero-order chi connectivity index (χ0) is 46.4. The van der Waals surface area contributed by atoms with Gasteiger partial charge in [0.2, 0.25) is 17.8 Å². The fourth-order valence-corrected chi connectivity index (χ4v) is 10.3. The molecule has 0 spiro atoms. The Hall–Kier alpha value is -5.82. The predicted octanol–water partition coefficient (Wildman–Crippen LogP) is 4.18. The van der Waals surface area contributed by atoms with E-state index in [0.29, 0.717) is 39.6 Å². The SMILES string of the molecule is CNC(=O)COc1cc2cc(Nc3nc(N4CCC(O[C@H]5C[C@H](N6CCCN(c7ccc8c(c7C)C(=O)N(C7CCC(=O)NC7=O)C8O)CC6)C5)CC4)ncc3Cl)ccc2n(C(C)C)c1=O. The molecule has 4 aliphatic heterocycles. The standard InChI is InChI=1S/C47H57ClN10O8/c1-26(2)57-36-8-6-29(20-28(36)21-38(45(57)63)65-25-40(60)49-4)51-42-34(48)24-50-47(53-42)56-16-12-31(13-17-56)66-32-22-30(23-32)54-14-5-15-55(19-18-54)35-9-7-33-41(27(35)3)46(64)58(44(33)62)37-10-11-39(59)52-43(37)61/h6-9,20-21,24,26,30-32,37,44,62H,5,10-19,22-23,25H2,1-4H3,(H,49,60)(H,50,51,53)(H,52,59,61)/t30-,32-,37?,44?. The Bertz CT molecular complexity index is 2610. The van der Waals surface area contributed by atoms with Crippen LogP contribution < -0.4 is 36.0 Å². The van der Waals surface area contributed by atoms with E-state index in [4.69, 9.17) is 26.1 Å². The largest absolute Gasteiger partial charge is 0.478 e. The molecule has 6 heterocycles. The van der Waals surface area contributed by atoms with Crippen molar-refractivity contribution in [1.82, 2.24) is 35.0 Å². The fourth-order valence-electron chi connectivity index (χ4n) is 10.1. The average molecular weight is 925 g/mol. The molecule has 0 radical (unpaired) electrons. The van der Waals surface area contributed by atoms with Gasteiger partial charge >= 0.3 is 0 Å². The van der Waals surface area contributed by atoms with E-state index in [-0.39, 0.29) is 66.7 Å². The third-order valence-electron chi connectivity index (χ3n) is 13.7. The van der Waals surface area contributed by atoms with Crippen LogP contribution in [0.3, 0.4) is 0 Å². The number of amides is 4. The first-order valence-corrected chi connectivity index (χ1v) is 23.3. The third-order valence-corrected chi connectivity index (χ3v) is 14.0. The smallest absolute Gasteiger partial charge is 0.293 e. The van der Waals surface area contributed by atoms with Crippen LogP contribution in [-0.2, 0) is 19.1 Å². The molecule has 9 rings (SSSR count). The van der Waals surface area contributed by atoms with Crippen molar-refractivity contribution in [2.24, 2.45) is 0 Å². The maximum Gasteiger partial charge on any atom is 0.293 e. The Balaban J connectivity index is 0.761. The number of fused-ring (bicyclic) bond motifs is 2. The van der Waals surface area contributed by atoms with Crippen molar-refractivity contribution in [3.8, 4) is 5.75 Å². The van der Waals surface area contributed by atoms with Crippen molar-refractivity contribution >= 4 is 69.3 Å². The number of anilines is 4. The summed E-state index contributed by atoms with van der Waals surface area (Å²) in [6.07, 6.45) is 5.70. The number of pyridine rings is 1. The second-order valence-electron chi connectivity index (χ2n) is 18.2.